The maximum absolute atomic E-state index is 13.3. The highest BCUT2D eigenvalue weighted by Crippen LogP contribution is 2.55. The van der Waals surface area contributed by atoms with Crippen LogP contribution < -0.4 is 18.9 Å². The molecule has 0 saturated heterocycles. The Morgan fingerprint density at radius 3 is 1.92 bits per heavy atom. The van der Waals surface area contributed by atoms with Crippen molar-refractivity contribution in [3.63, 3.8) is 0 Å². The van der Waals surface area contributed by atoms with E-state index in [2.05, 4.69) is 13.8 Å². The molecular formula is C30H40O8. The van der Waals surface area contributed by atoms with Crippen LogP contribution >= 0.6 is 0 Å². The molecule has 0 heterocycles. The molecule has 3 rings (SSSR count). The van der Waals surface area contributed by atoms with Gasteiger partial charge in [0.1, 0.15) is 0 Å². The van der Waals surface area contributed by atoms with Crippen LogP contribution in [0.5, 0.6) is 23.0 Å². The summed E-state index contributed by atoms with van der Waals surface area (Å²) in [5.74, 6) is 0.000886. The van der Waals surface area contributed by atoms with Crippen LogP contribution in [0, 0.1) is 5.92 Å². The van der Waals surface area contributed by atoms with E-state index < -0.39 is 29.7 Å². The Labute approximate surface area is 225 Å². The molecule has 0 aliphatic heterocycles. The van der Waals surface area contributed by atoms with Crippen LogP contribution in [0.15, 0.2) is 30.3 Å². The highest BCUT2D eigenvalue weighted by Gasteiger charge is 2.48. The van der Waals surface area contributed by atoms with E-state index in [0.717, 1.165) is 42.4 Å². The van der Waals surface area contributed by atoms with Crippen molar-refractivity contribution in [2.45, 2.75) is 57.8 Å². The molecule has 1 aliphatic carbocycles. The molecule has 38 heavy (non-hydrogen) atoms. The van der Waals surface area contributed by atoms with Gasteiger partial charge in [0.05, 0.1) is 54.0 Å². The summed E-state index contributed by atoms with van der Waals surface area (Å²) in [4.78, 5) is 25.8. The fraction of sp³-hybridized carbons (Fsp3) is 0.533. The Morgan fingerprint density at radius 1 is 0.737 bits per heavy atom. The second-order valence-electron chi connectivity index (χ2n) is 9.36. The molecule has 0 aromatic heterocycles. The van der Waals surface area contributed by atoms with E-state index in [-0.39, 0.29) is 6.42 Å². The van der Waals surface area contributed by atoms with E-state index >= 15 is 0 Å². The number of unbranched alkanes of at least 4 members (excludes halogenated alkanes) is 2. The van der Waals surface area contributed by atoms with E-state index in [4.69, 9.17) is 28.4 Å². The number of rotatable bonds is 14. The molecule has 208 valence electrons. The van der Waals surface area contributed by atoms with Gasteiger partial charge in [0.25, 0.3) is 0 Å². The SMILES string of the molecule is CCCCOc1ccc(C2c3cc(OCCCC)c(OC)cc3C(CC(=O)OC)C2C(=O)OC)cc1OC. The lowest BCUT2D eigenvalue weighted by atomic mass is 9.81. The first kappa shape index (κ1) is 29.1. The third-order valence-corrected chi connectivity index (χ3v) is 7.04. The van der Waals surface area contributed by atoms with Gasteiger partial charge in [-0.05, 0) is 53.8 Å². The van der Waals surface area contributed by atoms with E-state index in [9.17, 15) is 9.59 Å². The standard InChI is InChI=1S/C30H40O8/c1-7-9-13-37-23-12-11-19(15-24(23)33-3)28-21-17-26(38-14-10-8-2)25(34-4)16-20(21)22(18-27(31)35-5)29(28)30(32)36-6/h11-12,15-17,22,28-29H,7-10,13-14,18H2,1-6H3. The molecule has 3 atom stereocenters. The van der Waals surface area contributed by atoms with E-state index in [1.807, 2.05) is 30.3 Å². The smallest absolute Gasteiger partial charge is 0.310 e. The maximum Gasteiger partial charge on any atom is 0.310 e. The normalized spacial score (nSPS) is 17.9. The number of methoxy groups -OCH3 is 4. The van der Waals surface area contributed by atoms with Gasteiger partial charge in [0, 0.05) is 11.8 Å². The molecule has 0 saturated carbocycles. The molecule has 2 aromatic carbocycles. The highest BCUT2D eigenvalue weighted by molar-refractivity contribution is 5.81. The summed E-state index contributed by atoms with van der Waals surface area (Å²) in [6.07, 6.45) is 3.87. The van der Waals surface area contributed by atoms with Crippen molar-refractivity contribution < 1.29 is 38.0 Å². The summed E-state index contributed by atoms with van der Waals surface area (Å²) >= 11 is 0. The Balaban J connectivity index is 2.17. The zero-order valence-electron chi connectivity index (χ0n) is 23.3. The Hall–Kier alpha value is -3.42. The van der Waals surface area contributed by atoms with Gasteiger partial charge >= 0.3 is 11.9 Å². The molecule has 0 N–H and O–H groups in total. The highest BCUT2D eigenvalue weighted by atomic mass is 16.5. The fourth-order valence-electron chi connectivity index (χ4n) is 5.05. The van der Waals surface area contributed by atoms with Gasteiger partial charge in [-0.1, -0.05) is 32.8 Å². The number of esters is 2. The number of carbonyl (C=O) groups is 2. The minimum atomic E-state index is -0.665. The summed E-state index contributed by atoms with van der Waals surface area (Å²) in [6.45, 7) is 5.33. The van der Waals surface area contributed by atoms with Gasteiger partial charge in [0.2, 0.25) is 0 Å². The minimum absolute atomic E-state index is 0.0221. The molecule has 8 nitrogen and oxygen atoms in total. The molecule has 8 heteroatoms. The van der Waals surface area contributed by atoms with Gasteiger partial charge in [-0.3, -0.25) is 9.59 Å². The molecule has 3 unspecified atom stereocenters. The van der Waals surface area contributed by atoms with Crippen molar-refractivity contribution in [2.75, 3.05) is 41.7 Å². The second-order valence-corrected chi connectivity index (χ2v) is 9.36. The first-order chi connectivity index (χ1) is 18.4. The lowest BCUT2D eigenvalue weighted by Crippen LogP contribution is -2.26. The van der Waals surface area contributed by atoms with Gasteiger partial charge in [-0.2, -0.15) is 0 Å². The van der Waals surface area contributed by atoms with Crippen molar-refractivity contribution in [2.24, 2.45) is 5.92 Å². The molecule has 2 aromatic rings. The molecule has 0 spiro atoms. The van der Waals surface area contributed by atoms with Gasteiger partial charge in [-0.15, -0.1) is 0 Å². The third kappa shape index (κ3) is 6.34. The monoisotopic (exact) mass is 528 g/mol. The first-order valence-electron chi connectivity index (χ1n) is 13.2. The molecule has 0 radical (unpaired) electrons. The van der Waals surface area contributed by atoms with Crippen molar-refractivity contribution in [1.82, 2.24) is 0 Å². The maximum atomic E-state index is 13.3. The lowest BCUT2D eigenvalue weighted by molar-refractivity contribution is -0.147. The average molecular weight is 529 g/mol. The van der Waals surface area contributed by atoms with Gasteiger partial charge < -0.3 is 28.4 Å². The van der Waals surface area contributed by atoms with Crippen LogP contribution in [0.25, 0.3) is 0 Å². The summed E-state index contributed by atoms with van der Waals surface area (Å²) in [5.41, 5.74) is 2.56. The lowest BCUT2D eigenvalue weighted by Gasteiger charge is -2.24. The third-order valence-electron chi connectivity index (χ3n) is 7.04. The summed E-state index contributed by atoms with van der Waals surface area (Å²) in [5, 5.41) is 0. The van der Waals surface area contributed by atoms with Crippen molar-refractivity contribution >= 4 is 11.9 Å². The largest absolute Gasteiger partial charge is 0.493 e. The zero-order chi connectivity index (χ0) is 27.7. The number of carbonyl (C=O) groups excluding carboxylic acids is 2. The number of fused-ring (bicyclic) bond motifs is 1. The molecule has 0 bridgehead atoms. The van der Waals surface area contributed by atoms with Crippen LogP contribution in [-0.4, -0.2) is 53.6 Å². The second kappa shape index (κ2) is 13.9. The summed E-state index contributed by atoms with van der Waals surface area (Å²) in [6, 6.07) is 9.51. The van der Waals surface area contributed by atoms with E-state index in [0.29, 0.717) is 36.2 Å². The van der Waals surface area contributed by atoms with Gasteiger partial charge in [-0.25, -0.2) is 0 Å². The number of hydrogen-bond donors (Lipinski definition) is 0. The summed E-state index contributed by atoms with van der Waals surface area (Å²) in [7, 11) is 5.88. The van der Waals surface area contributed by atoms with Crippen LogP contribution in [0.3, 0.4) is 0 Å². The zero-order valence-corrected chi connectivity index (χ0v) is 23.3. The minimum Gasteiger partial charge on any atom is -0.493 e. The van der Waals surface area contributed by atoms with Crippen molar-refractivity contribution in [3.8, 4) is 23.0 Å². The van der Waals surface area contributed by atoms with Crippen LogP contribution in [0.4, 0.5) is 0 Å². The number of hydrogen-bond acceptors (Lipinski definition) is 8. The topological polar surface area (TPSA) is 89.5 Å². The number of ether oxygens (including phenoxy) is 6. The molecular weight excluding hydrogens is 488 g/mol. The Bertz CT molecular complexity index is 1100. The van der Waals surface area contributed by atoms with Crippen LogP contribution in [0.2, 0.25) is 0 Å². The molecule has 0 fully saturated rings. The van der Waals surface area contributed by atoms with Crippen LogP contribution in [0.1, 0.15) is 74.5 Å². The van der Waals surface area contributed by atoms with Crippen molar-refractivity contribution in [1.29, 1.82) is 0 Å². The Kier molecular flexibility index (Phi) is 10.7. The average Bonchev–Trinajstić information content (AvgIpc) is 3.24. The van der Waals surface area contributed by atoms with E-state index in [1.165, 1.54) is 14.2 Å². The van der Waals surface area contributed by atoms with E-state index in [1.54, 1.807) is 14.2 Å². The van der Waals surface area contributed by atoms with Crippen molar-refractivity contribution in [3.05, 3.63) is 47.0 Å². The fourth-order valence-corrected chi connectivity index (χ4v) is 5.05. The number of benzene rings is 2. The van der Waals surface area contributed by atoms with Crippen LogP contribution in [-0.2, 0) is 19.1 Å². The molecule has 0 amide bonds. The quantitative estimate of drug-likeness (QED) is 0.230. The Morgan fingerprint density at radius 2 is 1.34 bits per heavy atom. The predicted octanol–water partition coefficient (Wildman–Crippen LogP) is 5.64. The van der Waals surface area contributed by atoms with Gasteiger partial charge in [0.15, 0.2) is 23.0 Å². The summed E-state index contributed by atoms with van der Waals surface area (Å²) < 4.78 is 33.6. The first-order valence-corrected chi connectivity index (χ1v) is 13.2. The molecule has 1 aliphatic rings. The predicted molar refractivity (Wildman–Crippen MR) is 144 cm³/mol.